The van der Waals surface area contributed by atoms with Gasteiger partial charge in [-0.1, -0.05) is 5.92 Å². The number of nitrogens with zero attached hydrogens (tertiary/aromatic N) is 2. The minimum Gasteiger partial charge on any atom is -0.394 e. The molecular formula is C14H17N3O6. The highest BCUT2D eigenvalue weighted by Crippen LogP contribution is 2.30. The first-order chi connectivity index (χ1) is 11.0. The molecule has 4 unspecified atom stereocenters. The van der Waals surface area contributed by atoms with Crippen molar-refractivity contribution in [1.82, 2.24) is 9.55 Å². The summed E-state index contributed by atoms with van der Waals surface area (Å²) in [6, 6.07) is 1.41. The molecule has 1 aromatic rings. The van der Waals surface area contributed by atoms with Crippen molar-refractivity contribution in [3.8, 4) is 12.3 Å². The van der Waals surface area contributed by atoms with Crippen molar-refractivity contribution in [2.75, 3.05) is 18.5 Å². The summed E-state index contributed by atoms with van der Waals surface area (Å²) in [6.07, 6.45) is 2.48. The van der Waals surface area contributed by atoms with E-state index in [1.165, 1.54) is 19.2 Å². The second-order valence-electron chi connectivity index (χ2n) is 4.90. The molecule has 2 heterocycles. The van der Waals surface area contributed by atoms with E-state index in [1.54, 1.807) is 0 Å². The zero-order valence-corrected chi connectivity index (χ0v) is 12.4. The van der Waals surface area contributed by atoms with Crippen LogP contribution in [0.25, 0.3) is 0 Å². The number of aliphatic hydroxyl groups excluding tert-OH is 2. The van der Waals surface area contributed by atoms with Gasteiger partial charge in [0.1, 0.15) is 30.7 Å². The molecule has 124 valence electrons. The molecule has 0 radical (unpaired) electrons. The molecular weight excluding hydrogens is 306 g/mol. The number of hydrogen-bond donors (Lipinski definition) is 3. The van der Waals surface area contributed by atoms with Gasteiger partial charge >= 0.3 is 5.69 Å². The number of ether oxygens (including phenoxy) is 2. The Morgan fingerprint density at radius 3 is 2.96 bits per heavy atom. The number of rotatable bonds is 5. The third-order valence-corrected chi connectivity index (χ3v) is 3.26. The van der Waals surface area contributed by atoms with Crippen LogP contribution in [0.4, 0.5) is 5.82 Å². The van der Waals surface area contributed by atoms with Gasteiger partial charge in [-0.3, -0.25) is 9.36 Å². The molecule has 2 rings (SSSR count). The predicted octanol–water partition coefficient (Wildman–Crippen LogP) is -1.53. The zero-order chi connectivity index (χ0) is 17.0. The highest BCUT2D eigenvalue weighted by Gasteiger charge is 2.45. The highest BCUT2D eigenvalue weighted by molar-refractivity contribution is 5.87. The molecule has 9 nitrogen and oxygen atoms in total. The normalized spacial score (nSPS) is 26.7. The Hall–Kier alpha value is -2.25. The first-order valence-corrected chi connectivity index (χ1v) is 6.84. The van der Waals surface area contributed by atoms with E-state index in [1.807, 2.05) is 0 Å². The van der Waals surface area contributed by atoms with Gasteiger partial charge in [0, 0.05) is 13.1 Å². The van der Waals surface area contributed by atoms with Gasteiger partial charge in [0.2, 0.25) is 5.91 Å². The number of hydrogen-bond acceptors (Lipinski definition) is 7. The summed E-state index contributed by atoms with van der Waals surface area (Å²) in [4.78, 5) is 26.8. The summed E-state index contributed by atoms with van der Waals surface area (Å²) in [5.41, 5.74) is -0.707. The standard InChI is InChI=1S/C14H17N3O6/c1-3-6-22-12-11(20)9(7-18)23-13(12)17-5-4-10(15-8(2)19)16-14(17)21/h1,4-5,9,11-13,18,20H,6-7H2,2H3,(H,15,16,19,21). The molecule has 3 N–H and O–H groups in total. The molecule has 4 atom stereocenters. The van der Waals surface area contributed by atoms with E-state index >= 15 is 0 Å². The van der Waals surface area contributed by atoms with Crippen molar-refractivity contribution < 1.29 is 24.5 Å². The largest absolute Gasteiger partial charge is 0.394 e. The van der Waals surface area contributed by atoms with E-state index < -0.39 is 36.8 Å². The van der Waals surface area contributed by atoms with E-state index in [2.05, 4.69) is 16.2 Å². The van der Waals surface area contributed by atoms with E-state index in [0.29, 0.717) is 0 Å². The predicted molar refractivity (Wildman–Crippen MR) is 78.4 cm³/mol. The van der Waals surface area contributed by atoms with Crippen LogP contribution in [0.5, 0.6) is 0 Å². The fourth-order valence-electron chi connectivity index (χ4n) is 2.27. The summed E-state index contributed by atoms with van der Waals surface area (Å²) in [5, 5.41) is 21.7. The van der Waals surface area contributed by atoms with Crippen LogP contribution in [0.15, 0.2) is 17.1 Å². The van der Waals surface area contributed by atoms with Crippen LogP contribution in [0, 0.1) is 12.3 Å². The molecule has 0 aliphatic carbocycles. The van der Waals surface area contributed by atoms with Crippen LogP contribution in [-0.2, 0) is 14.3 Å². The van der Waals surface area contributed by atoms with Crippen LogP contribution in [0.2, 0.25) is 0 Å². The smallest absolute Gasteiger partial charge is 0.351 e. The molecule has 1 aromatic heterocycles. The number of terminal acetylenes is 1. The number of amides is 1. The lowest BCUT2D eigenvalue weighted by atomic mass is 10.1. The van der Waals surface area contributed by atoms with Crippen LogP contribution in [0.1, 0.15) is 13.2 Å². The van der Waals surface area contributed by atoms with E-state index in [9.17, 15) is 19.8 Å². The SMILES string of the molecule is C#CCOC1C(O)C(CO)OC1n1ccc(NC(C)=O)nc1=O. The average Bonchev–Trinajstić information content (AvgIpc) is 2.81. The molecule has 9 heteroatoms. The number of aromatic nitrogens is 2. The highest BCUT2D eigenvalue weighted by atomic mass is 16.6. The molecule has 0 spiro atoms. The van der Waals surface area contributed by atoms with E-state index in [-0.39, 0.29) is 18.3 Å². The molecule has 1 amide bonds. The van der Waals surface area contributed by atoms with Gasteiger partial charge in [-0.05, 0) is 6.07 Å². The summed E-state index contributed by atoms with van der Waals surface area (Å²) >= 11 is 0. The summed E-state index contributed by atoms with van der Waals surface area (Å²) < 4.78 is 11.9. The summed E-state index contributed by atoms with van der Waals surface area (Å²) in [5.74, 6) is 1.99. The quantitative estimate of drug-likeness (QED) is 0.562. The number of carbonyl (C=O) groups excluding carboxylic acids is 1. The van der Waals surface area contributed by atoms with Gasteiger partial charge in [0.25, 0.3) is 0 Å². The van der Waals surface area contributed by atoms with Gasteiger partial charge in [-0.15, -0.1) is 6.42 Å². The Balaban J connectivity index is 2.29. The number of aliphatic hydroxyl groups is 2. The number of nitrogens with one attached hydrogen (secondary N) is 1. The Morgan fingerprint density at radius 2 is 2.39 bits per heavy atom. The maximum absolute atomic E-state index is 12.1. The van der Waals surface area contributed by atoms with Crippen molar-refractivity contribution in [2.45, 2.75) is 31.5 Å². The fraction of sp³-hybridized carbons (Fsp3) is 0.500. The van der Waals surface area contributed by atoms with Crippen LogP contribution < -0.4 is 11.0 Å². The second kappa shape index (κ2) is 7.34. The summed E-state index contributed by atoms with van der Waals surface area (Å²) in [6.45, 7) is 0.755. The maximum atomic E-state index is 12.1. The minimum atomic E-state index is -1.15. The molecule has 0 aromatic carbocycles. The van der Waals surface area contributed by atoms with Crippen LogP contribution in [-0.4, -0.2) is 57.2 Å². The number of anilines is 1. The minimum absolute atomic E-state index is 0.0914. The van der Waals surface area contributed by atoms with Crippen molar-refractivity contribution in [1.29, 1.82) is 0 Å². The first kappa shape index (κ1) is 17.1. The van der Waals surface area contributed by atoms with Crippen molar-refractivity contribution >= 4 is 11.7 Å². The van der Waals surface area contributed by atoms with Gasteiger partial charge in [-0.25, -0.2) is 4.79 Å². The van der Waals surface area contributed by atoms with Gasteiger partial charge in [0.15, 0.2) is 6.23 Å². The summed E-state index contributed by atoms with van der Waals surface area (Å²) in [7, 11) is 0. The van der Waals surface area contributed by atoms with Gasteiger partial charge in [-0.2, -0.15) is 4.98 Å². The van der Waals surface area contributed by atoms with Crippen LogP contribution >= 0.6 is 0 Å². The number of carbonyl (C=O) groups is 1. The Bertz CT molecular complexity index is 667. The lowest BCUT2D eigenvalue weighted by Crippen LogP contribution is -2.38. The lowest BCUT2D eigenvalue weighted by molar-refractivity contribution is -0.114. The topological polar surface area (TPSA) is 123 Å². The molecule has 0 bridgehead atoms. The zero-order valence-electron chi connectivity index (χ0n) is 12.4. The van der Waals surface area contributed by atoms with E-state index in [0.717, 1.165) is 4.57 Å². The molecule has 0 saturated carbocycles. The lowest BCUT2D eigenvalue weighted by Gasteiger charge is -2.21. The fourth-order valence-corrected chi connectivity index (χ4v) is 2.27. The molecule has 23 heavy (non-hydrogen) atoms. The Morgan fingerprint density at radius 1 is 1.65 bits per heavy atom. The maximum Gasteiger partial charge on any atom is 0.351 e. The van der Waals surface area contributed by atoms with Crippen LogP contribution in [0.3, 0.4) is 0 Å². The molecule has 1 saturated heterocycles. The third-order valence-electron chi connectivity index (χ3n) is 3.26. The van der Waals surface area contributed by atoms with Gasteiger partial charge < -0.3 is 25.0 Å². The van der Waals surface area contributed by atoms with Gasteiger partial charge in [0.05, 0.1) is 6.61 Å². The van der Waals surface area contributed by atoms with Crippen molar-refractivity contribution in [3.05, 3.63) is 22.7 Å². The molecule has 1 aliphatic rings. The van der Waals surface area contributed by atoms with E-state index in [4.69, 9.17) is 15.9 Å². The molecule has 1 fully saturated rings. The Kier molecular flexibility index (Phi) is 5.46. The third kappa shape index (κ3) is 3.75. The Labute approximate surface area is 131 Å². The second-order valence-corrected chi connectivity index (χ2v) is 4.90. The average molecular weight is 323 g/mol. The molecule has 1 aliphatic heterocycles. The first-order valence-electron chi connectivity index (χ1n) is 6.84. The van der Waals surface area contributed by atoms with Crippen molar-refractivity contribution in [2.24, 2.45) is 0 Å². The van der Waals surface area contributed by atoms with Crippen molar-refractivity contribution in [3.63, 3.8) is 0 Å². The monoisotopic (exact) mass is 323 g/mol.